The van der Waals surface area contributed by atoms with E-state index in [1.54, 1.807) is 6.92 Å². The first-order chi connectivity index (χ1) is 4.99. The Morgan fingerprint density at radius 3 is 2.27 bits per heavy atom. The molecular formula is C6H10F3NO. The average Bonchev–Trinajstić information content (AvgIpc) is 1.88. The van der Waals surface area contributed by atoms with E-state index in [-0.39, 0.29) is 6.54 Å². The lowest BCUT2D eigenvalue weighted by Gasteiger charge is -2.15. The topological polar surface area (TPSA) is 20.3 Å². The highest BCUT2D eigenvalue weighted by molar-refractivity contribution is 5.46. The summed E-state index contributed by atoms with van der Waals surface area (Å²) in [5, 5.41) is 0. The SMILES string of the molecule is CCN(C=O)CCC(F)(F)F. The van der Waals surface area contributed by atoms with Crippen LogP contribution in [0.15, 0.2) is 0 Å². The fourth-order valence-electron chi connectivity index (χ4n) is 0.556. The van der Waals surface area contributed by atoms with Crippen LogP contribution < -0.4 is 0 Å². The van der Waals surface area contributed by atoms with E-state index >= 15 is 0 Å². The first-order valence-corrected chi connectivity index (χ1v) is 3.25. The quantitative estimate of drug-likeness (QED) is 0.583. The van der Waals surface area contributed by atoms with Gasteiger partial charge >= 0.3 is 6.18 Å². The Kier molecular flexibility index (Phi) is 3.92. The molecule has 5 heteroatoms. The standard InChI is InChI=1S/C6H10F3NO/c1-2-10(5-11)4-3-6(7,8)9/h5H,2-4H2,1H3. The lowest BCUT2D eigenvalue weighted by Crippen LogP contribution is -2.26. The van der Waals surface area contributed by atoms with Gasteiger partial charge in [0.05, 0.1) is 6.42 Å². The molecule has 11 heavy (non-hydrogen) atoms. The van der Waals surface area contributed by atoms with Crippen molar-refractivity contribution in [3.63, 3.8) is 0 Å². The zero-order chi connectivity index (χ0) is 8.91. The third-order valence-corrected chi connectivity index (χ3v) is 1.24. The molecule has 0 rings (SSSR count). The van der Waals surface area contributed by atoms with Gasteiger partial charge in [0.1, 0.15) is 0 Å². The summed E-state index contributed by atoms with van der Waals surface area (Å²) in [4.78, 5) is 11.1. The van der Waals surface area contributed by atoms with Gasteiger partial charge in [-0.3, -0.25) is 4.79 Å². The van der Waals surface area contributed by atoms with Crippen LogP contribution in [-0.2, 0) is 4.79 Å². The van der Waals surface area contributed by atoms with Crippen molar-refractivity contribution in [2.24, 2.45) is 0 Å². The van der Waals surface area contributed by atoms with Crippen molar-refractivity contribution in [1.29, 1.82) is 0 Å². The molecule has 0 heterocycles. The van der Waals surface area contributed by atoms with Gasteiger partial charge in [-0.1, -0.05) is 0 Å². The lowest BCUT2D eigenvalue weighted by molar-refractivity contribution is -0.140. The minimum atomic E-state index is -4.17. The summed E-state index contributed by atoms with van der Waals surface area (Å²) < 4.78 is 34.6. The van der Waals surface area contributed by atoms with Crippen LogP contribution >= 0.6 is 0 Å². The maximum atomic E-state index is 11.5. The predicted molar refractivity (Wildman–Crippen MR) is 34.0 cm³/mol. The molecule has 0 radical (unpaired) electrons. The van der Waals surface area contributed by atoms with Crippen LogP contribution in [-0.4, -0.2) is 30.6 Å². The van der Waals surface area contributed by atoms with Crippen molar-refractivity contribution in [3.05, 3.63) is 0 Å². The van der Waals surface area contributed by atoms with Crippen molar-refractivity contribution in [2.45, 2.75) is 19.5 Å². The van der Waals surface area contributed by atoms with E-state index in [1.807, 2.05) is 0 Å². The zero-order valence-corrected chi connectivity index (χ0v) is 6.19. The maximum absolute atomic E-state index is 11.5. The van der Waals surface area contributed by atoms with Gasteiger partial charge in [0.15, 0.2) is 0 Å². The molecule has 0 aliphatic heterocycles. The van der Waals surface area contributed by atoms with Crippen molar-refractivity contribution < 1.29 is 18.0 Å². The number of hydrogen-bond donors (Lipinski definition) is 0. The molecule has 0 aliphatic rings. The van der Waals surface area contributed by atoms with Gasteiger partial charge < -0.3 is 4.90 Å². The maximum Gasteiger partial charge on any atom is 0.390 e. The number of carbonyl (C=O) groups is 1. The van der Waals surface area contributed by atoms with Gasteiger partial charge in [0, 0.05) is 13.1 Å². The van der Waals surface area contributed by atoms with E-state index in [1.165, 1.54) is 0 Å². The molecule has 0 aromatic carbocycles. The largest absolute Gasteiger partial charge is 0.390 e. The molecule has 0 aliphatic carbocycles. The Balaban J connectivity index is 3.59. The highest BCUT2D eigenvalue weighted by atomic mass is 19.4. The van der Waals surface area contributed by atoms with E-state index in [4.69, 9.17) is 0 Å². The van der Waals surface area contributed by atoms with E-state index < -0.39 is 12.6 Å². The van der Waals surface area contributed by atoms with Gasteiger partial charge in [-0.2, -0.15) is 13.2 Å². The third kappa shape index (κ3) is 5.69. The van der Waals surface area contributed by atoms with Crippen LogP contribution in [0.25, 0.3) is 0 Å². The Labute approximate surface area is 63.0 Å². The second kappa shape index (κ2) is 4.20. The van der Waals surface area contributed by atoms with Gasteiger partial charge in [-0.15, -0.1) is 0 Å². The van der Waals surface area contributed by atoms with E-state index in [2.05, 4.69) is 0 Å². The fourth-order valence-corrected chi connectivity index (χ4v) is 0.556. The normalized spacial score (nSPS) is 11.3. The minimum Gasteiger partial charge on any atom is -0.345 e. The summed E-state index contributed by atoms with van der Waals surface area (Å²) in [7, 11) is 0. The zero-order valence-electron chi connectivity index (χ0n) is 6.19. The monoisotopic (exact) mass is 169 g/mol. The van der Waals surface area contributed by atoms with Crippen LogP contribution in [0.1, 0.15) is 13.3 Å². The van der Waals surface area contributed by atoms with Gasteiger partial charge in [-0.05, 0) is 6.92 Å². The summed E-state index contributed by atoms with van der Waals surface area (Å²) in [6.07, 6.45) is -4.68. The molecule has 66 valence electrons. The average molecular weight is 169 g/mol. The molecule has 0 bridgehead atoms. The van der Waals surface area contributed by atoms with Crippen LogP contribution in [0.3, 0.4) is 0 Å². The Hall–Kier alpha value is -0.740. The molecule has 0 saturated carbocycles. The number of nitrogens with zero attached hydrogens (tertiary/aromatic N) is 1. The smallest absolute Gasteiger partial charge is 0.345 e. The second-order valence-corrected chi connectivity index (χ2v) is 2.10. The summed E-state index contributed by atoms with van der Waals surface area (Å²) in [6, 6.07) is 0. The molecule has 0 aromatic rings. The molecule has 0 spiro atoms. The number of amides is 1. The van der Waals surface area contributed by atoms with Crippen LogP contribution in [0.2, 0.25) is 0 Å². The van der Waals surface area contributed by atoms with Crippen LogP contribution in [0.4, 0.5) is 13.2 Å². The van der Waals surface area contributed by atoms with Crippen LogP contribution in [0.5, 0.6) is 0 Å². The summed E-state index contributed by atoms with van der Waals surface area (Å²) in [5.74, 6) is 0. The van der Waals surface area contributed by atoms with Crippen molar-refractivity contribution >= 4 is 6.41 Å². The van der Waals surface area contributed by atoms with Gasteiger partial charge in [0.2, 0.25) is 6.41 Å². The first-order valence-electron chi connectivity index (χ1n) is 3.25. The van der Waals surface area contributed by atoms with Crippen LogP contribution in [0, 0.1) is 0 Å². The van der Waals surface area contributed by atoms with E-state index in [9.17, 15) is 18.0 Å². The molecular weight excluding hydrogens is 159 g/mol. The van der Waals surface area contributed by atoms with Crippen molar-refractivity contribution in [2.75, 3.05) is 13.1 Å². The highest BCUT2D eigenvalue weighted by Gasteiger charge is 2.27. The Morgan fingerprint density at radius 1 is 1.45 bits per heavy atom. The number of hydrogen-bond acceptors (Lipinski definition) is 1. The van der Waals surface area contributed by atoms with Gasteiger partial charge in [0.25, 0.3) is 0 Å². The lowest BCUT2D eigenvalue weighted by atomic mass is 10.4. The molecule has 0 aromatic heterocycles. The summed E-state index contributed by atoms with van der Waals surface area (Å²) in [6.45, 7) is 1.70. The molecule has 0 atom stereocenters. The van der Waals surface area contributed by atoms with Crippen molar-refractivity contribution in [3.8, 4) is 0 Å². The number of carbonyl (C=O) groups excluding carboxylic acids is 1. The molecule has 1 amide bonds. The Bertz CT molecular complexity index is 123. The Morgan fingerprint density at radius 2 is 2.00 bits per heavy atom. The molecule has 2 nitrogen and oxygen atoms in total. The fraction of sp³-hybridized carbons (Fsp3) is 0.833. The van der Waals surface area contributed by atoms with Gasteiger partial charge in [-0.25, -0.2) is 0 Å². The molecule has 0 unspecified atom stereocenters. The number of alkyl halides is 3. The van der Waals surface area contributed by atoms with Crippen molar-refractivity contribution in [1.82, 2.24) is 4.90 Å². The highest BCUT2D eigenvalue weighted by Crippen LogP contribution is 2.19. The molecule has 0 fully saturated rings. The number of rotatable bonds is 4. The summed E-state index contributed by atoms with van der Waals surface area (Å²) >= 11 is 0. The molecule has 0 saturated heterocycles. The second-order valence-electron chi connectivity index (χ2n) is 2.10. The third-order valence-electron chi connectivity index (χ3n) is 1.24. The van der Waals surface area contributed by atoms with E-state index in [0.717, 1.165) is 4.90 Å². The van der Waals surface area contributed by atoms with E-state index in [0.29, 0.717) is 13.0 Å². The number of halogens is 3. The predicted octanol–water partition coefficient (Wildman–Crippen LogP) is 1.42. The summed E-state index contributed by atoms with van der Waals surface area (Å²) in [5.41, 5.74) is 0. The first kappa shape index (κ1) is 10.3. The molecule has 0 N–H and O–H groups in total. The minimum absolute atomic E-state index is 0.247.